The van der Waals surface area contributed by atoms with Crippen molar-refractivity contribution in [3.8, 4) is 0 Å². The van der Waals surface area contributed by atoms with Gasteiger partial charge in [-0.05, 0) is 55.5 Å². The number of rotatable bonds is 5. The maximum Gasteiger partial charge on any atom is 0.123 e. The minimum absolute atomic E-state index is 0.160. The molecule has 0 amide bonds. The molecule has 3 unspecified atom stereocenters. The molecule has 3 atom stereocenters. The van der Waals surface area contributed by atoms with Crippen LogP contribution in [0.1, 0.15) is 31.4 Å². The van der Waals surface area contributed by atoms with Crippen LogP contribution in [0.15, 0.2) is 18.2 Å². The Hall–Kier alpha value is -0.930. The second-order valence-corrected chi connectivity index (χ2v) is 5.54. The van der Waals surface area contributed by atoms with Gasteiger partial charge in [-0.25, -0.2) is 4.39 Å². The van der Waals surface area contributed by atoms with E-state index in [9.17, 15) is 4.39 Å². The Morgan fingerprint density at radius 3 is 2.84 bits per heavy atom. The number of benzene rings is 1. The summed E-state index contributed by atoms with van der Waals surface area (Å²) in [6, 6.07) is 5.36. The highest BCUT2D eigenvalue weighted by atomic mass is 19.1. The monoisotopic (exact) mass is 265 g/mol. The van der Waals surface area contributed by atoms with Crippen molar-refractivity contribution in [3.63, 3.8) is 0 Å². The fourth-order valence-corrected chi connectivity index (χ4v) is 2.92. The molecular formula is C16H24FNO. The molecule has 1 aromatic carbocycles. The summed E-state index contributed by atoms with van der Waals surface area (Å²) in [6.45, 7) is 8.12. The van der Waals surface area contributed by atoms with Gasteiger partial charge in [0.25, 0.3) is 0 Å². The molecule has 0 aromatic heterocycles. The summed E-state index contributed by atoms with van der Waals surface area (Å²) >= 11 is 0. The highest BCUT2D eigenvalue weighted by molar-refractivity contribution is 5.27. The summed E-state index contributed by atoms with van der Waals surface area (Å²) in [5.74, 6) is 0.427. The fraction of sp³-hybridized carbons (Fsp3) is 0.625. The largest absolute Gasteiger partial charge is 0.376 e. The molecule has 3 heteroatoms. The van der Waals surface area contributed by atoms with Crippen LogP contribution in [0.25, 0.3) is 0 Å². The van der Waals surface area contributed by atoms with Crippen molar-refractivity contribution in [2.45, 2.75) is 45.8 Å². The SMILES string of the molecule is CCNC(Cc1ccc(F)cc1C)C1OCCC1C. The summed E-state index contributed by atoms with van der Waals surface area (Å²) in [5, 5.41) is 3.53. The Bertz CT molecular complexity index is 421. The average molecular weight is 265 g/mol. The van der Waals surface area contributed by atoms with Gasteiger partial charge in [-0.15, -0.1) is 0 Å². The van der Waals surface area contributed by atoms with Crippen LogP contribution in [0.2, 0.25) is 0 Å². The van der Waals surface area contributed by atoms with E-state index in [0.29, 0.717) is 12.0 Å². The number of hydrogen-bond acceptors (Lipinski definition) is 2. The molecule has 1 aliphatic heterocycles. The lowest BCUT2D eigenvalue weighted by Gasteiger charge is -2.27. The zero-order valence-corrected chi connectivity index (χ0v) is 12.1. The second-order valence-electron chi connectivity index (χ2n) is 5.54. The Labute approximate surface area is 115 Å². The third-order valence-electron chi connectivity index (χ3n) is 4.05. The van der Waals surface area contributed by atoms with Crippen molar-refractivity contribution in [2.75, 3.05) is 13.2 Å². The summed E-state index contributed by atoms with van der Waals surface area (Å²) in [7, 11) is 0. The first kappa shape index (κ1) is 14.5. The van der Waals surface area contributed by atoms with Crippen molar-refractivity contribution in [1.29, 1.82) is 0 Å². The van der Waals surface area contributed by atoms with Crippen molar-refractivity contribution in [3.05, 3.63) is 35.1 Å². The smallest absolute Gasteiger partial charge is 0.123 e. The van der Waals surface area contributed by atoms with Crippen LogP contribution in [-0.4, -0.2) is 25.3 Å². The molecule has 2 rings (SSSR count). The Morgan fingerprint density at radius 2 is 2.26 bits per heavy atom. The zero-order chi connectivity index (χ0) is 13.8. The summed E-state index contributed by atoms with van der Waals surface area (Å²) < 4.78 is 19.0. The van der Waals surface area contributed by atoms with Gasteiger partial charge in [-0.1, -0.05) is 19.9 Å². The molecular weight excluding hydrogens is 241 g/mol. The number of nitrogens with one attached hydrogen (secondary N) is 1. The van der Waals surface area contributed by atoms with Gasteiger partial charge in [0.15, 0.2) is 0 Å². The third-order valence-corrected chi connectivity index (χ3v) is 4.05. The lowest BCUT2D eigenvalue weighted by atomic mass is 9.91. The molecule has 1 N–H and O–H groups in total. The van der Waals surface area contributed by atoms with Crippen molar-refractivity contribution in [2.24, 2.45) is 5.92 Å². The molecule has 1 saturated heterocycles. The first-order valence-electron chi connectivity index (χ1n) is 7.21. The highest BCUT2D eigenvalue weighted by Crippen LogP contribution is 2.25. The van der Waals surface area contributed by atoms with Gasteiger partial charge in [-0.3, -0.25) is 0 Å². The van der Waals surface area contributed by atoms with Crippen LogP contribution in [0.3, 0.4) is 0 Å². The van der Waals surface area contributed by atoms with Crippen LogP contribution >= 0.6 is 0 Å². The lowest BCUT2D eigenvalue weighted by molar-refractivity contribution is 0.0615. The van der Waals surface area contributed by atoms with Crippen LogP contribution in [0, 0.1) is 18.7 Å². The van der Waals surface area contributed by atoms with E-state index < -0.39 is 0 Å². The van der Waals surface area contributed by atoms with Gasteiger partial charge in [0.05, 0.1) is 6.10 Å². The molecule has 1 aliphatic rings. The quantitative estimate of drug-likeness (QED) is 0.883. The van der Waals surface area contributed by atoms with Crippen molar-refractivity contribution >= 4 is 0 Å². The molecule has 1 heterocycles. The van der Waals surface area contributed by atoms with Gasteiger partial charge >= 0.3 is 0 Å². The normalized spacial score (nSPS) is 24.6. The van der Waals surface area contributed by atoms with E-state index in [1.165, 1.54) is 5.56 Å². The molecule has 1 fully saturated rings. The van der Waals surface area contributed by atoms with Crippen LogP contribution in [0.5, 0.6) is 0 Å². The number of halogens is 1. The highest BCUT2D eigenvalue weighted by Gasteiger charge is 2.31. The summed E-state index contributed by atoms with van der Waals surface area (Å²) in [6.07, 6.45) is 2.30. The first-order chi connectivity index (χ1) is 9.11. The topological polar surface area (TPSA) is 21.3 Å². The predicted octanol–water partition coefficient (Wildman–Crippen LogP) is 3.08. The molecule has 0 radical (unpaired) electrons. The fourth-order valence-electron chi connectivity index (χ4n) is 2.92. The maximum atomic E-state index is 13.2. The van der Waals surface area contributed by atoms with Crippen molar-refractivity contribution in [1.82, 2.24) is 5.32 Å². The second kappa shape index (κ2) is 6.49. The number of likely N-dealkylation sites (N-methyl/N-ethyl adjacent to an activating group) is 1. The molecule has 1 aromatic rings. The maximum absolute atomic E-state index is 13.2. The van der Waals surface area contributed by atoms with E-state index in [4.69, 9.17) is 4.74 Å². The first-order valence-corrected chi connectivity index (χ1v) is 7.21. The van der Waals surface area contributed by atoms with Gasteiger partial charge in [0, 0.05) is 12.6 Å². The van der Waals surface area contributed by atoms with Crippen LogP contribution < -0.4 is 5.32 Å². The Kier molecular flexibility index (Phi) is 4.94. The van der Waals surface area contributed by atoms with Gasteiger partial charge in [0.2, 0.25) is 0 Å². The Balaban J connectivity index is 2.11. The molecule has 0 bridgehead atoms. The molecule has 0 spiro atoms. The molecule has 0 aliphatic carbocycles. The minimum Gasteiger partial charge on any atom is -0.376 e. The number of hydrogen-bond donors (Lipinski definition) is 1. The summed E-state index contributed by atoms with van der Waals surface area (Å²) in [5.41, 5.74) is 2.23. The number of aryl methyl sites for hydroxylation is 1. The average Bonchev–Trinajstić information content (AvgIpc) is 2.78. The molecule has 0 saturated carbocycles. The van der Waals surface area contributed by atoms with E-state index in [0.717, 1.165) is 31.6 Å². The van der Waals surface area contributed by atoms with Gasteiger partial charge < -0.3 is 10.1 Å². The van der Waals surface area contributed by atoms with E-state index >= 15 is 0 Å². The molecule has 2 nitrogen and oxygen atoms in total. The van der Waals surface area contributed by atoms with E-state index in [1.54, 1.807) is 12.1 Å². The number of ether oxygens (including phenoxy) is 1. The minimum atomic E-state index is -0.160. The van der Waals surface area contributed by atoms with Crippen LogP contribution in [-0.2, 0) is 11.2 Å². The zero-order valence-electron chi connectivity index (χ0n) is 12.1. The lowest BCUT2D eigenvalue weighted by Crippen LogP contribution is -2.43. The molecule has 19 heavy (non-hydrogen) atoms. The predicted molar refractivity (Wildman–Crippen MR) is 75.8 cm³/mol. The van der Waals surface area contributed by atoms with Gasteiger partial charge in [-0.2, -0.15) is 0 Å². The van der Waals surface area contributed by atoms with Crippen LogP contribution in [0.4, 0.5) is 4.39 Å². The van der Waals surface area contributed by atoms with Gasteiger partial charge in [0.1, 0.15) is 5.82 Å². The van der Waals surface area contributed by atoms with E-state index in [-0.39, 0.29) is 11.9 Å². The standard InChI is InChI=1S/C16H24FNO/c1-4-18-15(16-11(2)7-8-19-16)10-13-5-6-14(17)9-12(13)3/h5-6,9,11,15-16,18H,4,7-8,10H2,1-3H3. The molecule has 106 valence electrons. The van der Waals surface area contributed by atoms with E-state index in [2.05, 4.69) is 19.2 Å². The summed E-state index contributed by atoms with van der Waals surface area (Å²) in [4.78, 5) is 0. The van der Waals surface area contributed by atoms with Crippen molar-refractivity contribution < 1.29 is 9.13 Å². The Morgan fingerprint density at radius 1 is 1.47 bits per heavy atom. The third kappa shape index (κ3) is 3.54. The van der Waals surface area contributed by atoms with E-state index in [1.807, 2.05) is 13.0 Å².